The minimum Gasteiger partial charge on any atom is -0.480 e. The number of amides is 1. The van der Waals surface area contributed by atoms with Gasteiger partial charge in [-0.3, -0.25) is 9.59 Å². The zero-order chi connectivity index (χ0) is 13.9. The first-order valence-corrected chi connectivity index (χ1v) is 5.64. The molecule has 0 fully saturated rings. The average molecular weight is 250 g/mol. The van der Waals surface area contributed by atoms with E-state index in [2.05, 4.69) is 5.32 Å². The summed E-state index contributed by atoms with van der Waals surface area (Å²) in [5.41, 5.74) is 2.10. The van der Waals surface area contributed by atoms with Crippen LogP contribution in [-0.4, -0.2) is 42.0 Å². The monoisotopic (exact) mass is 250 g/mol. The minimum absolute atomic E-state index is 0.110. The van der Waals surface area contributed by atoms with Crippen molar-refractivity contribution in [1.82, 2.24) is 4.90 Å². The van der Waals surface area contributed by atoms with Gasteiger partial charge in [-0.25, -0.2) is 0 Å². The zero-order valence-electron chi connectivity index (χ0n) is 11.0. The molecule has 0 aliphatic heterocycles. The molecule has 1 amide bonds. The lowest BCUT2D eigenvalue weighted by molar-refractivity contribution is -0.137. The summed E-state index contributed by atoms with van der Waals surface area (Å²) in [5, 5.41) is 11.7. The van der Waals surface area contributed by atoms with Gasteiger partial charge in [0.25, 0.3) is 5.91 Å². The van der Waals surface area contributed by atoms with Crippen molar-refractivity contribution in [3.8, 4) is 0 Å². The summed E-state index contributed by atoms with van der Waals surface area (Å²) in [7, 11) is 3.35. The van der Waals surface area contributed by atoms with Gasteiger partial charge in [0.15, 0.2) is 0 Å². The first-order chi connectivity index (χ1) is 8.32. The number of carboxylic acids is 1. The molecule has 0 aromatic heterocycles. The van der Waals surface area contributed by atoms with E-state index < -0.39 is 12.0 Å². The van der Waals surface area contributed by atoms with Crippen LogP contribution in [-0.2, 0) is 4.79 Å². The van der Waals surface area contributed by atoms with Gasteiger partial charge in [0.05, 0.1) is 0 Å². The molecule has 0 aliphatic rings. The molecule has 1 rings (SSSR count). The van der Waals surface area contributed by atoms with Crippen LogP contribution in [0, 0.1) is 6.92 Å². The lowest BCUT2D eigenvalue weighted by Gasteiger charge is -2.16. The number of anilines is 1. The maximum atomic E-state index is 11.8. The van der Waals surface area contributed by atoms with E-state index in [0.29, 0.717) is 11.3 Å². The number of carbonyl (C=O) groups is 2. The van der Waals surface area contributed by atoms with Crippen molar-refractivity contribution < 1.29 is 14.7 Å². The molecule has 1 aromatic carbocycles. The second kappa shape index (κ2) is 5.53. The molecule has 0 saturated carbocycles. The van der Waals surface area contributed by atoms with Gasteiger partial charge in [-0.05, 0) is 31.5 Å². The van der Waals surface area contributed by atoms with Crippen molar-refractivity contribution in [2.45, 2.75) is 19.9 Å². The van der Waals surface area contributed by atoms with Crippen LogP contribution in [0.25, 0.3) is 0 Å². The van der Waals surface area contributed by atoms with Crippen molar-refractivity contribution in [2.75, 3.05) is 19.4 Å². The van der Waals surface area contributed by atoms with Crippen molar-refractivity contribution >= 4 is 17.6 Å². The molecule has 0 heterocycles. The van der Waals surface area contributed by atoms with Gasteiger partial charge < -0.3 is 15.3 Å². The summed E-state index contributed by atoms with van der Waals surface area (Å²) in [4.78, 5) is 24.1. The van der Waals surface area contributed by atoms with E-state index in [0.717, 1.165) is 5.56 Å². The number of rotatable bonds is 4. The van der Waals surface area contributed by atoms with E-state index >= 15 is 0 Å². The topological polar surface area (TPSA) is 69.6 Å². The molecule has 0 saturated heterocycles. The second-order valence-electron chi connectivity index (χ2n) is 4.43. The highest BCUT2D eigenvalue weighted by atomic mass is 16.4. The minimum atomic E-state index is -0.932. The number of carboxylic acid groups (broad SMARTS) is 1. The standard InChI is InChI=1S/C13H18N2O3/c1-8-5-6-10(12(16)15(3)4)7-11(8)14-9(2)13(17)18/h5-7,9,14H,1-4H3,(H,17,18). The van der Waals surface area contributed by atoms with Crippen LogP contribution in [0.4, 0.5) is 5.69 Å². The van der Waals surface area contributed by atoms with Gasteiger partial charge in [-0.1, -0.05) is 6.07 Å². The Morgan fingerprint density at radius 2 is 1.94 bits per heavy atom. The molecule has 0 radical (unpaired) electrons. The normalized spacial score (nSPS) is 11.8. The fourth-order valence-corrected chi connectivity index (χ4v) is 1.46. The molecule has 0 spiro atoms. The first-order valence-electron chi connectivity index (χ1n) is 5.64. The van der Waals surface area contributed by atoms with E-state index in [1.54, 1.807) is 39.2 Å². The Hall–Kier alpha value is -2.04. The number of nitrogens with one attached hydrogen (secondary N) is 1. The van der Waals surface area contributed by atoms with E-state index in [4.69, 9.17) is 5.11 Å². The Balaban J connectivity index is 3.02. The van der Waals surface area contributed by atoms with Gasteiger partial charge in [0, 0.05) is 25.3 Å². The summed E-state index contributed by atoms with van der Waals surface area (Å²) in [6.07, 6.45) is 0. The van der Waals surface area contributed by atoms with Crippen LogP contribution in [0.5, 0.6) is 0 Å². The van der Waals surface area contributed by atoms with E-state index in [1.165, 1.54) is 4.90 Å². The summed E-state index contributed by atoms with van der Waals surface area (Å²) in [6.45, 7) is 3.42. The van der Waals surface area contributed by atoms with E-state index in [-0.39, 0.29) is 5.91 Å². The van der Waals surface area contributed by atoms with Crippen LogP contribution in [0.1, 0.15) is 22.8 Å². The Labute approximate surface area is 106 Å². The third kappa shape index (κ3) is 3.23. The SMILES string of the molecule is Cc1ccc(C(=O)N(C)C)cc1NC(C)C(=O)O. The third-order valence-electron chi connectivity index (χ3n) is 2.63. The highest BCUT2D eigenvalue weighted by molar-refractivity contribution is 5.95. The molecule has 2 N–H and O–H groups in total. The maximum Gasteiger partial charge on any atom is 0.325 e. The van der Waals surface area contributed by atoms with E-state index in [1.807, 2.05) is 6.92 Å². The third-order valence-corrected chi connectivity index (χ3v) is 2.63. The predicted octanol–water partition coefficient (Wildman–Crippen LogP) is 1.58. The van der Waals surface area contributed by atoms with Gasteiger partial charge in [-0.2, -0.15) is 0 Å². The lowest BCUT2D eigenvalue weighted by Crippen LogP contribution is -2.26. The average Bonchev–Trinajstić information content (AvgIpc) is 2.30. The van der Waals surface area contributed by atoms with Gasteiger partial charge in [0.1, 0.15) is 6.04 Å². The van der Waals surface area contributed by atoms with Crippen molar-refractivity contribution in [3.63, 3.8) is 0 Å². The molecule has 18 heavy (non-hydrogen) atoms. The molecule has 1 aromatic rings. The molecule has 1 atom stereocenters. The number of nitrogens with zero attached hydrogens (tertiary/aromatic N) is 1. The Morgan fingerprint density at radius 1 is 1.33 bits per heavy atom. The van der Waals surface area contributed by atoms with Gasteiger partial charge in [-0.15, -0.1) is 0 Å². The van der Waals surface area contributed by atoms with E-state index in [9.17, 15) is 9.59 Å². The first kappa shape index (κ1) is 14.0. The fourth-order valence-electron chi connectivity index (χ4n) is 1.46. The molecular weight excluding hydrogens is 232 g/mol. The Bertz CT molecular complexity index is 469. The Kier molecular flexibility index (Phi) is 4.31. The highest BCUT2D eigenvalue weighted by Crippen LogP contribution is 2.18. The Morgan fingerprint density at radius 3 is 2.44 bits per heavy atom. The number of hydrogen-bond acceptors (Lipinski definition) is 3. The number of carbonyl (C=O) groups excluding carboxylic acids is 1. The molecular formula is C13H18N2O3. The van der Waals surface area contributed by atoms with Gasteiger partial charge in [0.2, 0.25) is 0 Å². The number of aliphatic carboxylic acids is 1. The fraction of sp³-hybridized carbons (Fsp3) is 0.385. The zero-order valence-corrected chi connectivity index (χ0v) is 11.0. The smallest absolute Gasteiger partial charge is 0.325 e. The lowest BCUT2D eigenvalue weighted by atomic mass is 10.1. The highest BCUT2D eigenvalue weighted by Gasteiger charge is 2.14. The quantitative estimate of drug-likeness (QED) is 0.851. The molecule has 98 valence electrons. The molecule has 5 heteroatoms. The predicted molar refractivity (Wildman–Crippen MR) is 69.9 cm³/mol. The number of benzene rings is 1. The molecule has 0 aliphatic carbocycles. The summed E-state index contributed by atoms with van der Waals surface area (Å²) in [6, 6.07) is 4.51. The summed E-state index contributed by atoms with van der Waals surface area (Å²) < 4.78 is 0. The number of hydrogen-bond donors (Lipinski definition) is 2. The van der Waals surface area contributed by atoms with Crippen LogP contribution in [0.2, 0.25) is 0 Å². The molecule has 0 bridgehead atoms. The summed E-state index contributed by atoms with van der Waals surface area (Å²) in [5.74, 6) is -1.04. The largest absolute Gasteiger partial charge is 0.480 e. The maximum absolute atomic E-state index is 11.8. The van der Waals surface area contributed by atoms with Crippen LogP contribution in [0.3, 0.4) is 0 Å². The summed E-state index contributed by atoms with van der Waals surface area (Å²) >= 11 is 0. The van der Waals surface area contributed by atoms with Crippen molar-refractivity contribution in [1.29, 1.82) is 0 Å². The van der Waals surface area contributed by atoms with Crippen molar-refractivity contribution in [2.24, 2.45) is 0 Å². The number of aryl methyl sites for hydroxylation is 1. The van der Waals surface area contributed by atoms with Crippen LogP contribution in [0.15, 0.2) is 18.2 Å². The van der Waals surface area contributed by atoms with Crippen LogP contribution < -0.4 is 5.32 Å². The molecule has 5 nitrogen and oxygen atoms in total. The second-order valence-corrected chi connectivity index (χ2v) is 4.43. The van der Waals surface area contributed by atoms with Crippen LogP contribution >= 0.6 is 0 Å². The van der Waals surface area contributed by atoms with Gasteiger partial charge >= 0.3 is 5.97 Å². The van der Waals surface area contributed by atoms with Crippen molar-refractivity contribution in [3.05, 3.63) is 29.3 Å². The molecule has 1 unspecified atom stereocenters.